The molecule has 0 aliphatic carbocycles. The second kappa shape index (κ2) is 9.81. The molecule has 0 bridgehead atoms. The lowest BCUT2D eigenvalue weighted by atomic mass is 9.96. The number of carbonyl (C=O) groups is 2. The maximum atomic E-state index is 13.6. The predicted octanol–water partition coefficient (Wildman–Crippen LogP) is 6.32. The average molecular weight is 468 g/mol. The molecule has 3 aromatic carbocycles. The highest BCUT2D eigenvalue weighted by molar-refractivity contribution is 6.14. The van der Waals surface area contributed by atoms with Gasteiger partial charge in [0, 0.05) is 28.8 Å². The lowest BCUT2D eigenvalue weighted by molar-refractivity contribution is -0.132. The number of fused-ring (bicyclic) bond motifs is 1. The molecule has 1 heterocycles. The Bertz CT molecular complexity index is 1490. The number of phenols is 1. The first-order valence-electron chi connectivity index (χ1n) is 11.2. The first kappa shape index (κ1) is 23.7. The summed E-state index contributed by atoms with van der Waals surface area (Å²) in [6.45, 7) is 5.38. The number of nitrogens with zero attached hydrogens (tertiary/aromatic N) is 1. The van der Waals surface area contributed by atoms with Crippen LogP contribution in [0.3, 0.4) is 0 Å². The fraction of sp³-hybridized carbons (Fsp3) is 0.138. The van der Waals surface area contributed by atoms with Crippen molar-refractivity contribution in [2.24, 2.45) is 0 Å². The van der Waals surface area contributed by atoms with Crippen molar-refractivity contribution in [3.05, 3.63) is 100 Å². The standard InChI is InChI=1S/C29H25NO5/c1-4-20-7-5-6-8-22(20)27(32)24-16-30-25-15-21(31)10-11-23(25)28(24)35-26-12-9-19(13-17(26)2)14-18(3)29(33)34/h5-16,31H,4H2,1-3H3,(H,33,34)/b18-14+. The van der Waals surface area contributed by atoms with Gasteiger partial charge in [0.2, 0.25) is 0 Å². The summed E-state index contributed by atoms with van der Waals surface area (Å²) in [5, 5.41) is 19.7. The van der Waals surface area contributed by atoms with Gasteiger partial charge in [-0.3, -0.25) is 9.78 Å². The highest BCUT2D eigenvalue weighted by Crippen LogP contribution is 2.37. The number of phenolic OH excluding ortho intramolecular Hbond substituents is 1. The first-order chi connectivity index (χ1) is 16.8. The molecule has 4 rings (SSSR count). The van der Waals surface area contributed by atoms with Gasteiger partial charge in [0.1, 0.15) is 17.2 Å². The number of ether oxygens (including phenoxy) is 1. The van der Waals surface area contributed by atoms with E-state index in [9.17, 15) is 14.7 Å². The summed E-state index contributed by atoms with van der Waals surface area (Å²) in [7, 11) is 0. The van der Waals surface area contributed by atoms with Gasteiger partial charge < -0.3 is 14.9 Å². The van der Waals surface area contributed by atoms with Crippen molar-refractivity contribution < 1.29 is 24.5 Å². The van der Waals surface area contributed by atoms with E-state index in [-0.39, 0.29) is 17.1 Å². The Balaban J connectivity index is 1.84. The number of ketones is 1. The van der Waals surface area contributed by atoms with E-state index in [1.807, 2.05) is 38.1 Å². The van der Waals surface area contributed by atoms with E-state index in [1.54, 1.807) is 30.3 Å². The number of carbonyl (C=O) groups excluding carboxylic acids is 1. The quantitative estimate of drug-likeness (QED) is 0.244. The van der Waals surface area contributed by atoms with Crippen LogP contribution in [0.25, 0.3) is 17.0 Å². The molecular formula is C29H25NO5. The van der Waals surface area contributed by atoms with Crippen molar-refractivity contribution in [3.8, 4) is 17.2 Å². The number of rotatable bonds is 7. The lowest BCUT2D eigenvalue weighted by Gasteiger charge is -2.16. The Morgan fingerprint density at radius 3 is 2.51 bits per heavy atom. The summed E-state index contributed by atoms with van der Waals surface area (Å²) in [4.78, 5) is 29.2. The molecule has 0 aliphatic rings. The number of carboxylic acids is 1. The van der Waals surface area contributed by atoms with Crippen LogP contribution in [0.2, 0.25) is 0 Å². The number of aromatic nitrogens is 1. The molecule has 0 radical (unpaired) electrons. The van der Waals surface area contributed by atoms with Crippen LogP contribution in [0, 0.1) is 6.92 Å². The normalized spacial score (nSPS) is 11.5. The zero-order valence-electron chi connectivity index (χ0n) is 19.7. The summed E-state index contributed by atoms with van der Waals surface area (Å²) >= 11 is 0. The molecule has 0 atom stereocenters. The Morgan fingerprint density at radius 1 is 1.03 bits per heavy atom. The SMILES string of the molecule is CCc1ccccc1C(=O)c1cnc2cc(O)ccc2c1Oc1ccc(/C=C(\C)C(=O)O)cc1C. The summed E-state index contributed by atoms with van der Waals surface area (Å²) in [6.07, 6.45) is 3.77. The van der Waals surface area contributed by atoms with Crippen LogP contribution >= 0.6 is 0 Å². The predicted molar refractivity (Wildman–Crippen MR) is 135 cm³/mol. The van der Waals surface area contributed by atoms with Crippen LogP contribution in [0.5, 0.6) is 17.2 Å². The van der Waals surface area contributed by atoms with Gasteiger partial charge in [-0.25, -0.2) is 4.79 Å². The van der Waals surface area contributed by atoms with Gasteiger partial charge in [-0.2, -0.15) is 0 Å². The molecular weight excluding hydrogens is 442 g/mol. The number of hydrogen-bond acceptors (Lipinski definition) is 5. The van der Waals surface area contributed by atoms with E-state index < -0.39 is 5.97 Å². The zero-order chi connectivity index (χ0) is 25.1. The zero-order valence-corrected chi connectivity index (χ0v) is 19.7. The highest BCUT2D eigenvalue weighted by atomic mass is 16.5. The minimum Gasteiger partial charge on any atom is -0.508 e. The van der Waals surface area contributed by atoms with E-state index in [4.69, 9.17) is 9.84 Å². The number of hydrogen-bond donors (Lipinski definition) is 2. The van der Waals surface area contributed by atoms with E-state index in [2.05, 4.69) is 4.98 Å². The third kappa shape index (κ3) is 4.92. The van der Waals surface area contributed by atoms with Crippen LogP contribution in [-0.4, -0.2) is 26.9 Å². The molecule has 0 spiro atoms. The van der Waals surface area contributed by atoms with Crippen LogP contribution in [0.15, 0.2) is 72.4 Å². The largest absolute Gasteiger partial charge is 0.508 e. The monoisotopic (exact) mass is 467 g/mol. The molecule has 176 valence electrons. The second-order valence-corrected chi connectivity index (χ2v) is 8.30. The Hall–Kier alpha value is -4.45. The minimum atomic E-state index is -0.981. The van der Waals surface area contributed by atoms with Gasteiger partial charge in [-0.1, -0.05) is 37.3 Å². The van der Waals surface area contributed by atoms with Gasteiger partial charge in [-0.05, 0) is 67.3 Å². The summed E-state index contributed by atoms with van der Waals surface area (Å²) < 4.78 is 6.34. The lowest BCUT2D eigenvalue weighted by Crippen LogP contribution is -2.08. The summed E-state index contributed by atoms with van der Waals surface area (Å²) in [6, 6.07) is 17.5. The molecule has 35 heavy (non-hydrogen) atoms. The topological polar surface area (TPSA) is 96.7 Å². The Kier molecular flexibility index (Phi) is 6.64. The molecule has 0 unspecified atom stereocenters. The van der Waals surface area contributed by atoms with Crippen molar-refractivity contribution >= 4 is 28.7 Å². The Labute approximate surface area is 203 Å². The third-order valence-corrected chi connectivity index (χ3v) is 5.82. The molecule has 0 saturated heterocycles. The third-order valence-electron chi connectivity index (χ3n) is 5.82. The maximum Gasteiger partial charge on any atom is 0.331 e. The van der Waals surface area contributed by atoms with Gasteiger partial charge >= 0.3 is 5.97 Å². The summed E-state index contributed by atoms with van der Waals surface area (Å²) in [5.74, 6) is -0.251. The van der Waals surface area contributed by atoms with Crippen molar-refractivity contribution in [2.75, 3.05) is 0 Å². The fourth-order valence-electron chi connectivity index (χ4n) is 3.92. The number of aromatic hydroxyl groups is 1. The second-order valence-electron chi connectivity index (χ2n) is 8.30. The molecule has 1 aromatic heterocycles. The van der Waals surface area contributed by atoms with Gasteiger partial charge in [0.25, 0.3) is 0 Å². The molecule has 4 aromatic rings. The van der Waals surface area contributed by atoms with E-state index >= 15 is 0 Å². The molecule has 6 nitrogen and oxygen atoms in total. The Morgan fingerprint density at radius 2 is 1.80 bits per heavy atom. The molecule has 6 heteroatoms. The number of aliphatic carboxylic acids is 1. The van der Waals surface area contributed by atoms with Crippen LogP contribution in [0.1, 0.15) is 46.5 Å². The maximum absolute atomic E-state index is 13.6. The van der Waals surface area contributed by atoms with Crippen molar-refractivity contribution in [3.63, 3.8) is 0 Å². The van der Waals surface area contributed by atoms with Crippen molar-refractivity contribution in [1.29, 1.82) is 0 Å². The first-order valence-corrected chi connectivity index (χ1v) is 11.2. The highest BCUT2D eigenvalue weighted by Gasteiger charge is 2.21. The fourth-order valence-corrected chi connectivity index (χ4v) is 3.92. The van der Waals surface area contributed by atoms with Gasteiger partial charge in [-0.15, -0.1) is 0 Å². The molecule has 0 fully saturated rings. The molecule has 0 saturated carbocycles. The van der Waals surface area contributed by atoms with E-state index in [0.717, 1.165) is 16.7 Å². The number of aryl methyl sites for hydroxylation is 2. The van der Waals surface area contributed by atoms with Crippen molar-refractivity contribution in [2.45, 2.75) is 27.2 Å². The average Bonchev–Trinajstić information content (AvgIpc) is 2.85. The smallest absolute Gasteiger partial charge is 0.331 e. The molecule has 0 amide bonds. The van der Waals surface area contributed by atoms with Crippen LogP contribution in [0.4, 0.5) is 0 Å². The molecule has 0 aliphatic heterocycles. The molecule has 2 N–H and O–H groups in total. The number of benzene rings is 3. The minimum absolute atomic E-state index is 0.0625. The summed E-state index contributed by atoms with van der Waals surface area (Å²) in [5.41, 5.74) is 4.04. The van der Waals surface area contributed by atoms with Gasteiger partial charge in [0.05, 0.1) is 11.1 Å². The number of carboxylic acid groups (broad SMARTS) is 1. The van der Waals surface area contributed by atoms with E-state index in [1.165, 1.54) is 25.3 Å². The van der Waals surface area contributed by atoms with E-state index in [0.29, 0.717) is 39.9 Å². The van der Waals surface area contributed by atoms with Crippen LogP contribution < -0.4 is 4.74 Å². The van der Waals surface area contributed by atoms with Crippen molar-refractivity contribution in [1.82, 2.24) is 4.98 Å². The van der Waals surface area contributed by atoms with Crippen LogP contribution in [-0.2, 0) is 11.2 Å². The number of pyridine rings is 1. The van der Waals surface area contributed by atoms with Gasteiger partial charge in [0.15, 0.2) is 5.78 Å².